The highest BCUT2D eigenvalue weighted by atomic mass is 32.2. The zero-order valence-electron chi connectivity index (χ0n) is 15.2. The standard InChI is InChI=1S/C18H27N3O2S/c1-6-24-15-8-7-13-9-14-11-20(17(22)23-18(3,4)5)10-12(2)21(14)16(13)19-15/h7-8,12,14H,6,9-11H2,1-5H3/t12-,14-/m1/s1. The van der Waals surface area contributed by atoms with Crippen LogP contribution >= 0.6 is 11.8 Å². The van der Waals surface area contributed by atoms with Crippen molar-refractivity contribution in [2.45, 2.75) is 63.8 Å². The average Bonchev–Trinajstić information content (AvgIpc) is 2.84. The second-order valence-electron chi connectivity index (χ2n) is 7.56. The van der Waals surface area contributed by atoms with Gasteiger partial charge in [-0.2, -0.15) is 0 Å². The van der Waals surface area contributed by atoms with Crippen LogP contribution in [-0.2, 0) is 11.2 Å². The van der Waals surface area contributed by atoms with E-state index in [0.717, 1.165) is 23.0 Å². The van der Waals surface area contributed by atoms with Gasteiger partial charge in [-0.25, -0.2) is 9.78 Å². The molecule has 1 saturated heterocycles. The lowest BCUT2D eigenvalue weighted by molar-refractivity contribution is 0.0191. The number of amides is 1. The number of hydrogen-bond donors (Lipinski definition) is 0. The molecule has 2 atom stereocenters. The molecule has 0 bridgehead atoms. The molecule has 0 radical (unpaired) electrons. The first-order valence-corrected chi connectivity index (χ1v) is 9.66. The molecule has 132 valence electrons. The van der Waals surface area contributed by atoms with Crippen LogP contribution in [0.25, 0.3) is 0 Å². The number of nitrogens with zero attached hydrogens (tertiary/aromatic N) is 3. The van der Waals surface area contributed by atoms with Crippen molar-refractivity contribution in [1.29, 1.82) is 0 Å². The van der Waals surface area contributed by atoms with Crippen molar-refractivity contribution < 1.29 is 9.53 Å². The molecule has 6 heteroatoms. The quantitative estimate of drug-likeness (QED) is 0.764. The minimum atomic E-state index is -0.454. The Hall–Kier alpha value is -1.43. The molecule has 1 aromatic rings. The molecule has 0 unspecified atom stereocenters. The van der Waals surface area contributed by atoms with Crippen molar-refractivity contribution in [3.05, 3.63) is 17.7 Å². The molecular weight excluding hydrogens is 322 g/mol. The summed E-state index contributed by atoms with van der Waals surface area (Å²) in [5, 5.41) is 1.08. The van der Waals surface area contributed by atoms with E-state index in [2.05, 4.69) is 30.9 Å². The third kappa shape index (κ3) is 3.48. The number of rotatable bonds is 2. The minimum Gasteiger partial charge on any atom is -0.444 e. The van der Waals surface area contributed by atoms with E-state index in [1.54, 1.807) is 11.8 Å². The Bertz CT molecular complexity index is 629. The fourth-order valence-electron chi connectivity index (χ4n) is 3.53. The van der Waals surface area contributed by atoms with Gasteiger partial charge >= 0.3 is 6.09 Å². The van der Waals surface area contributed by atoms with E-state index in [1.807, 2.05) is 25.7 Å². The van der Waals surface area contributed by atoms with Crippen molar-refractivity contribution in [3.8, 4) is 0 Å². The molecule has 0 aromatic carbocycles. The molecule has 1 aromatic heterocycles. The van der Waals surface area contributed by atoms with Gasteiger partial charge in [0, 0.05) is 19.1 Å². The fraction of sp³-hybridized carbons (Fsp3) is 0.667. The van der Waals surface area contributed by atoms with E-state index in [0.29, 0.717) is 19.1 Å². The normalized spacial score (nSPS) is 23.0. The molecule has 0 saturated carbocycles. The molecule has 2 aliphatic heterocycles. The molecule has 3 rings (SSSR count). The average molecular weight is 350 g/mol. The minimum absolute atomic E-state index is 0.208. The molecule has 0 spiro atoms. The summed E-state index contributed by atoms with van der Waals surface area (Å²) in [5.74, 6) is 2.13. The lowest BCUT2D eigenvalue weighted by atomic mass is 10.1. The van der Waals surface area contributed by atoms with Crippen LogP contribution < -0.4 is 4.90 Å². The molecule has 1 amide bonds. The zero-order chi connectivity index (χ0) is 17.5. The lowest BCUT2D eigenvalue weighted by Gasteiger charge is -2.43. The maximum atomic E-state index is 12.4. The molecule has 1 fully saturated rings. The van der Waals surface area contributed by atoms with E-state index in [4.69, 9.17) is 9.72 Å². The second-order valence-corrected chi connectivity index (χ2v) is 8.85. The van der Waals surface area contributed by atoms with Crippen LogP contribution in [0.5, 0.6) is 0 Å². The third-order valence-corrected chi connectivity index (χ3v) is 5.17. The molecular formula is C18H27N3O2S. The lowest BCUT2D eigenvalue weighted by Crippen LogP contribution is -2.58. The molecule has 5 nitrogen and oxygen atoms in total. The first-order chi connectivity index (χ1) is 11.3. The Morgan fingerprint density at radius 2 is 2.12 bits per heavy atom. The maximum Gasteiger partial charge on any atom is 0.410 e. The predicted octanol–water partition coefficient (Wildman–Crippen LogP) is 3.56. The summed E-state index contributed by atoms with van der Waals surface area (Å²) >= 11 is 1.77. The molecule has 0 N–H and O–H groups in total. The first-order valence-electron chi connectivity index (χ1n) is 8.67. The van der Waals surface area contributed by atoms with Crippen LogP contribution in [0.2, 0.25) is 0 Å². The van der Waals surface area contributed by atoms with E-state index >= 15 is 0 Å². The smallest absolute Gasteiger partial charge is 0.410 e. The number of hydrogen-bond acceptors (Lipinski definition) is 5. The molecule has 24 heavy (non-hydrogen) atoms. The van der Waals surface area contributed by atoms with E-state index in [9.17, 15) is 4.79 Å². The number of anilines is 1. The van der Waals surface area contributed by atoms with Gasteiger partial charge < -0.3 is 14.5 Å². The van der Waals surface area contributed by atoms with Gasteiger partial charge in [-0.15, -0.1) is 11.8 Å². The number of aromatic nitrogens is 1. The Kier molecular flexibility index (Phi) is 4.69. The zero-order valence-corrected chi connectivity index (χ0v) is 16.0. The van der Waals surface area contributed by atoms with Gasteiger partial charge in [0.05, 0.1) is 11.1 Å². The van der Waals surface area contributed by atoms with Crippen molar-refractivity contribution in [3.63, 3.8) is 0 Å². The largest absolute Gasteiger partial charge is 0.444 e. The maximum absolute atomic E-state index is 12.4. The van der Waals surface area contributed by atoms with Crippen LogP contribution in [0.4, 0.5) is 10.6 Å². The van der Waals surface area contributed by atoms with Crippen molar-refractivity contribution in [2.24, 2.45) is 0 Å². The Morgan fingerprint density at radius 1 is 1.38 bits per heavy atom. The Labute approximate surface area is 148 Å². The third-order valence-electron chi connectivity index (χ3n) is 4.36. The van der Waals surface area contributed by atoms with Crippen LogP contribution in [0.3, 0.4) is 0 Å². The predicted molar refractivity (Wildman–Crippen MR) is 97.9 cm³/mol. The highest BCUT2D eigenvalue weighted by Gasteiger charge is 2.41. The van der Waals surface area contributed by atoms with Gasteiger partial charge in [-0.05, 0) is 51.5 Å². The van der Waals surface area contributed by atoms with Gasteiger partial charge in [0.15, 0.2) is 0 Å². The fourth-order valence-corrected chi connectivity index (χ4v) is 4.14. The van der Waals surface area contributed by atoms with Crippen molar-refractivity contribution in [1.82, 2.24) is 9.88 Å². The van der Waals surface area contributed by atoms with Crippen LogP contribution in [0.1, 0.15) is 40.2 Å². The van der Waals surface area contributed by atoms with Gasteiger partial charge in [-0.1, -0.05) is 13.0 Å². The topological polar surface area (TPSA) is 45.7 Å². The van der Waals surface area contributed by atoms with E-state index < -0.39 is 5.60 Å². The van der Waals surface area contributed by atoms with Crippen molar-refractivity contribution >= 4 is 23.7 Å². The summed E-state index contributed by atoms with van der Waals surface area (Å²) in [6.45, 7) is 11.4. The van der Waals surface area contributed by atoms with Gasteiger partial charge in [0.25, 0.3) is 0 Å². The van der Waals surface area contributed by atoms with Gasteiger partial charge in [-0.3, -0.25) is 0 Å². The molecule has 3 heterocycles. The highest BCUT2D eigenvalue weighted by Crippen LogP contribution is 2.36. The number of carbonyl (C=O) groups is 1. The van der Waals surface area contributed by atoms with E-state index in [1.165, 1.54) is 5.56 Å². The number of pyridine rings is 1. The second kappa shape index (κ2) is 6.47. The monoisotopic (exact) mass is 349 g/mol. The summed E-state index contributed by atoms with van der Waals surface area (Å²) in [6, 6.07) is 4.85. The van der Waals surface area contributed by atoms with Gasteiger partial charge in [0.1, 0.15) is 11.4 Å². The first kappa shape index (κ1) is 17.4. The summed E-state index contributed by atoms with van der Waals surface area (Å²) in [6.07, 6.45) is 0.739. The Balaban J connectivity index is 1.76. The summed E-state index contributed by atoms with van der Waals surface area (Å²) in [5.41, 5.74) is 0.836. The molecule has 0 aliphatic carbocycles. The van der Waals surface area contributed by atoms with E-state index in [-0.39, 0.29) is 12.1 Å². The Morgan fingerprint density at radius 3 is 2.79 bits per heavy atom. The summed E-state index contributed by atoms with van der Waals surface area (Å²) in [7, 11) is 0. The number of fused-ring (bicyclic) bond motifs is 3. The highest BCUT2D eigenvalue weighted by molar-refractivity contribution is 7.99. The number of piperazine rings is 1. The number of ether oxygens (including phenoxy) is 1. The summed E-state index contributed by atoms with van der Waals surface area (Å²) in [4.78, 5) is 21.5. The van der Waals surface area contributed by atoms with Crippen LogP contribution in [0.15, 0.2) is 17.2 Å². The van der Waals surface area contributed by atoms with Gasteiger partial charge in [0.2, 0.25) is 0 Å². The molecule has 2 aliphatic rings. The van der Waals surface area contributed by atoms with Crippen LogP contribution in [0, 0.1) is 0 Å². The van der Waals surface area contributed by atoms with Crippen LogP contribution in [-0.4, -0.2) is 52.5 Å². The van der Waals surface area contributed by atoms with Crippen molar-refractivity contribution in [2.75, 3.05) is 23.7 Å². The number of thioether (sulfide) groups is 1. The SMILES string of the molecule is CCSc1ccc2c(n1)N1[C@H](C2)CN(C(=O)OC(C)(C)C)C[C@H]1C. The summed E-state index contributed by atoms with van der Waals surface area (Å²) < 4.78 is 5.55. The number of carbonyl (C=O) groups excluding carboxylic acids is 1.